The predicted molar refractivity (Wildman–Crippen MR) is 63.1 cm³/mol. The van der Waals surface area contributed by atoms with Gasteiger partial charge in [0, 0.05) is 7.05 Å². The highest BCUT2D eigenvalue weighted by molar-refractivity contribution is 7.99. The number of aromatic nitrogens is 2. The molecule has 0 fully saturated rings. The van der Waals surface area contributed by atoms with Crippen LogP contribution in [0.4, 0.5) is 8.78 Å². The predicted octanol–water partition coefficient (Wildman–Crippen LogP) is 3.03. The fourth-order valence-corrected chi connectivity index (χ4v) is 2.56. The van der Waals surface area contributed by atoms with Crippen molar-refractivity contribution >= 4 is 11.8 Å². The van der Waals surface area contributed by atoms with Crippen LogP contribution in [-0.2, 0) is 7.05 Å². The van der Waals surface area contributed by atoms with Crippen molar-refractivity contribution in [3.8, 4) is 6.07 Å². The molecular formula is C12H9F2N3S. The second kappa shape index (κ2) is 4.78. The molecule has 1 heterocycles. The van der Waals surface area contributed by atoms with Crippen molar-refractivity contribution < 1.29 is 8.78 Å². The van der Waals surface area contributed by atoms with Gasteiger partial charge in [-0.25, -0.2) is 8.78 Å². The molecule has 0 aliphatic rings. The summed E-state index contributed by atoms with van der Waals surface area (Å²) < 4.78 is 28.1. The highest BCUT2D eigenvalue weighted by Gasteiger charge is 2.16. The molecule has 6 heteroatoms. The Morgan fingerprint density at radius 1 is 1.39 bits per heavy atom. The normalized spacial score (nSPS) is 10.4. The maximum atomic E-state index is 13.5. The minimum absolute atomic E-state index is 0.134. The third kappa shape index (κ3) is 2.22. The van der Waals surface area contributed by atoms with Crippen LogP contribution in [0.2, 0.25) is 0 Å². The lowest BCUT2D eigenvalue weighted by atomic mass is 10.3. The molecule has 3 nitrogen and oxygen atoms in total. The summed E-state index contributed by atoms with van der Waals surface area (Å²) in [6.07, 6.45) is 0. The lowest BCUT2D eigenvalue weighted by molar-refractivity contribution is 0.576. The first kappa shape index (κ1) is 12.6. The summed E-state index contributed by atoms with van der Waals surface area (Å²) in [5.74, 6) is -1.04. The van der Waals surface area contributed by atoms with Crippen LogP contribution >= 0.6 is 11.8 Å². The Hall–Kier alpha value is -1.87. The van der Waals surface area contributed by atoms with E-state index < -0.39 is 11.6 Å². The molecule has 0 spiro atoms. The third-order valence-electron chi connectivity index (χ3n) is 2.38. The van der Waals surface area contributed by atoms with E-state index in [1.807, 2.05) is 6.07 Å². The zero-order chi connectivity index (χ0) is 13.3. The molecule has 0 aliphatic carbocycles. The monoisotopic (exact) mass is 265 g/mol. The Labute approximate surface area is 107 Å². The molecular weight excluding hydrogens is 256 g/mol. The van der Waals surface area contributed by atoms with E-state index in [4.69, 9.17) is 5.26 Å². The molecule has 92 valence electrons. The van der Waals surface area contributed by atoms with E-state index in [0.717, 1.165) is 30.0 Å². The van der Waals surface area contributed by atoms with E-state index >= 15 is 0 Å². The first-order chi connectivity index (χ1) is 8.52. The number of hydrogen-bond acceptors (Lipinski definition) is 3. The molecule has 0 amide bonds. The first-order valence-electron chi connectivity index (χ1n) is 5.09. The van der Waals surface area contributed by atoms with Gasteiger partial charge < -0.3 is 0 Å². The van der Waals surface area contributed by atoms with Gasteiger partial charge in [0.15, 0.2) is 0 Å². The van der Waals surface area contributed by atoms with Crippen molar-refractivity contribution in [3.05, 3.63) is 41.1 Å². The average molecular weight is 265 g/mol. The van der Waals surface area contributed by atoms with Gasteiger partial charge in [0.25, 0.3) is 0 Å². The molecule has 0 radical (unpaired) electrons. The number of halogens is 2. The molecule has 0 saturated carbocycles. The Balaban J connectivity index is 2.46. The van der Waals surface area contributed by atoms with Gasteiger partial charge >= 0.3 is 0 Å². The van der Waals surface area contributed by atoms with E-state index in [0.29, 0.717) is 16.3 Å². The van der Waals surface area contributed by atoms with Gasteiger partial charge in [-0.15, -0.1) is 0 Å². The van der Waals surface area contributed by atoms with Gasteiger partial charge in [-0.2, -0.15) is 10.4 Å². The van der Waals surface area contributed by atoms with Crippen molar-refractivity contribution in [2.75, 3.05) is 0 Å². The van der Waals surface area contributed by atoms with Crippen LogP contribution in [0.3, 0.4) is 0 Å². The second-order valence-electron chi connectivity index (χ2n) is 3.68. The van der Waals surface area contributed by atoms with Crippen LogP contribution in [-0.4, -0.2) is 9.78 Å². The van der Waals surface area contributed by atoms with Crippen molar-refractivity contribution in [3.63, 3.8) is 0 Å². The van der Waals surface area contributed by atoms with Gasteiger partial charge in [-0.3, -0.25) is 4.68 Å². The Morgan fingerprint density at radius 3 is 2.78 bits per heavy atom. The summed E-state index contributed by atoms with van der Waals surface area (Å²) >= 11 is 0.990. The number of nitrogens with zero attached hydrogens (tertiary/aromatic N) is 3. The third-order valence-corrected chi connectivity index (χ3v) is 3.58. The topological polar surface area (TPSA) is 41.6 Å². The van der Waals surface area contributed by atoms with Crippen molar-refractivity contribution in [2.24, 2.45) is 7.05 Å². The van der Waals surface area contributed by atoms with E-state index in [1.165, 1.54) is 4.68 Å². The zero-order valence-electron chi connectivity index (χ0n) is 9.74. The van der Waals surface area contributed by atoms with Gasteiger partial charge in [-0.1, -0.05) is 11.8 Å². The zero-order valence-corrected chi connectivity index (χ0v) is 10.6. The molecule has 2 rings (SSSR count). The fraction of sp³-hybridized carbons (Fsp3) is 0.167. The number of hydrogen-bond donors (Lipinski definition) is 0. The molecule has 0 saturated heterocycles. The minimum Gasteiger partial charge on any atom is -0.260 e. The van der Waals surface area contributed by atoms with Crippen LogP contribution in [0, 0.1) is 29.9 Å². The lowest BCUT2D eigenvalue weighted by Gasteiger charge is -2.04. The number of rotatable bonds is 2. The first-order valence-corrected chi connectivity index (χ1v) is 5.91. The molecule has 0 atom stereocenters. The summed E-state index contributed by atoms with van der Waals surface area (Å²) in [7, 11) is 1.66. The second-order valence-corrected chi connectivity index (χ2v) is 4.71. The van der Waals surface area contributed by atoms with Crippen molar-refractivity contribution in [2.45, 2.75) is 16.8 Å². The lowest BCUT2D eigenvalue weighted by Crippen LogP contribution is -1.94. The summed E-state index contributed by atoms with van der Waals surface area (Å²) in [5.41, 5.74) is 0.950. The fourth-order valence-electron chi connectivity index (χ4n) is 1.54. The maximum absolute atomic E-state index is 13.5. The van der Waals surface area contributed by atoms with Crippen LogP contribution < -0.4 is 0 Å². The summed E-state index contributed by atoms with van der Waals surface area (Å²) in [6.45, 7) is 1.70. The van der Waals surface area contributed by atoms with Crippen molar-refractivity contribution in [1.82, 2.24) is 9.78 Å². The van der Waals surface area contributed by atoms with Crippen LogP contribution in [0.15, 0.2) is 28.1 Å². The Bertz CT molecular complexity index is 644. The van der Waals surface area contributed by atoms with Gasteiger partial charge in [0.05, 0.1) is 10.6 Å². The Kier molecular flexibility index (Phi) is 3.34. The van der Waals surface area contributed by atoms with Gasteiger partial charge in [0.2, 0.25) is 0 Å². The van der Waals surface area contributed by atoms with Crippen molar-refractivity contribution in [1.29, 1.82) is 5.26 Å². The minimum atomic E-state index is -0.524. The molecule has 0 unspecified atom stereocenters. The molecule has 2 aromatic rings. The number of aryl methyl sites for hydroxylation is 2. The van der Waals surface area contributed by atoms with Crippen LogP contribution in [0.1, 0.15) is 11.3 Å². The molecule has 1 aromatic heterocycles. The van der Waals surface area contributed by atoms with E-state index in [-0.39, 0.29) is 4.90 Å². The van der Waals surface area contributed by atoms with E-state index in [1.54, 1.807) is 14.0 Å². The molecule has 18 heavy (non-hydrogen) atoms. The highest BCUT2D eigenvalue weighted by Crippen LogP contribution is 2.33. The van der Waals surface area contributed by atoms with Gasteiger partial charge in [-0.05, 0) is 25.1 Å². The SMILES string of the molecule is Cc1nn(C)c(Sc2cc(F)ccc2F)c1C#N. The summed E-state index contributed by atoms with van der Waals surface area (Å²) in [6, 6.07) is 5.24. The van der Waals surface area contributed by atoms with Crippen LogP contribution in [0.25, 0.3) is 0 Å². The smallest absolute Gasteiger partial charge is 0.137 e. The van der Waals surface area contributed by atoms with E-state index in [9.17, 15) is 8.78 Å². The molecule has 0 N–H and O–H groups in total. The maximum Gasteiger partial charge on any atom is 0.137 e. The van der Waals surface area contributed by atoms with Crippen LogP contribution in [0.5, 0.6) is 0 Å². The number of benzene rings is 1. The van der Waals surface area contributed by atoms with Gasteiger partial charge in [0.1, 0.15) is 28.3 Å². The average Bonchev–Trinajstić information content (AvgIpc) is 2.58. The summed E-state index contributed by atoms with van der Waals surface area (Å²) in [5, 5.41) is 13.6. The quantitative estimate of drug-likeness (QED) is 0.838. The van der Waals surface area contributed by atoms with E-state index in [2.05, 4.69) is 5.10 Å². The molecule has 0 bridgehead atoms. The highest BCUT2D eigenvalue weighted by atomic mass is 32.2. The summed E-state index contributed by atoms with van der Waals surface area (Å²) in [4.78, 5) is 0.134. The molecule has 1 aromatic carbocycles. The largest absolute Gasteiger partial charge is 0.260 e. The standard InChI is InChI=1S/C12H9F2N3S/c1-7-9(6-15)12(17(2)16-7)18-11-5-8(13)3-4-10(11)14/h3-5H,1-2H3. The number of nitriles is 1. The molecule has 0 aliphatic heterocycles. The Morgan fingerprint density at radius 2 is 2.11 bits per heavy atom.